The van der Waals surface area contributed by atoms with Crippen molar-refractivity contribution >= 4 is 56.2 Å². The van der Waals surface area contributed by atoms with Crippen LogP contribution in [0.1, 0.15) is 22.3 Å². The van der Waals surface area contributed by atoms with Gasteiger partial charge in [0.15, 0.2) is 6.61 Å². The number of nitrogens with zero attached hydrogens (tertiary/aromatic N) is 1. The summed E-state index contributed by atoms with van der Waals surface area (Å²) >= 11 is 6.74. The van der Waals surface area contributed by atoms with E-state index in [2.05, 4.69) is 4.72 Å². The maximum atomic E-state index is 12.6. The van der Waals surface area contributed by atoms with E-state index in [0.717, 1.165) is 35.4 Å². The Labute approximate surface area is 194 Å². The molecule has 2 aromatic carbocycles. The first-order valence-electron chi connectivity index (χ1n) is 9.77. The largest absolute Gasteiger partial charge is 0.452 e. The van der Waals surface area contributed by atoms with Crippen molar-refractivity contribution in [1.29, 1.82) is 0 Å². The van der Waals surface area contributed by atoms with Gasteiger partial charge in [0, 0.05) is 17.9 Å². The minimum atomic E-state index is -3.77. The van der Waals surface area contributed by atoms with Crippen molar-refractivity contribution in [2.75, 3.05) is 22.8 Å². The lowest BCUT2D eigenvalue weighted by atomic mass is 10.0. The maximum absolute atomic E-state index is 12.6. The molecule has 1 amide bonds. The molecule has 1 aliphatic heterocycles. The molecule has 2 heterocycles. The summed E-state index contributed by atoms with van der Waals surface area (Å²) in [7, 11) is -3.77. The van der Waals surface area contributed by atoms with Gasteiger partial charge in [-0.1, -0.05) is 29.8 Å². The molecule has 0 saturated carbocycles. The predicted octanol–water partition coefficient (Wildman–Crippen LogP) is 4.34. The highest BCUT2D eigenvalue weighted by atomic mass is 35.5. The zero-order valence-corrected chi connectivity index (χ0v) is 19.2. The van der Waals surface area contributed by atoms with Crippen LogP contribution in [0.3, 0.4) is 0 Å². The SMILES string of the molecule is O=C(OCC(=O)N1CCCc2ccccc21)c1ccc(NS(=O)(=O)c2ccc(Cl)s2)cc1. The molecule has 7 nitrogen and oxygen atoms in total. The van der Waals surface area contributed by atoms with Gasteiger partial charge in [0.2, 0.25) is 0 Å². The van der Waals surface area contributed by atoms with Crippen molar-refractivity contribution in [3.8, 4) is 0 Å². The third-order valence-corrected chi connectivity index (χ3v) is 8.03. The average molecular weight is 491 g/mol. The molecule has 32 heavy (non-hydrogen) atoms. The van der Waals surface area contributed by atoms with E-state index < -0.39 is 16.0 Å². The minimum absolute atomic E-state index is 0.0868. The number of benzene rings is 2. The van der Waals surface area contributed by atoms with Crippen LogP contribution in [0.5, 0.6) is 0 Å². The summed E-state index contributed by atoms with van der Waals surface area (Å²) in [5, 5.41) is 0. The summed E-state index contributed by atoms with van der Waals surface area (Å²) in [5.74, 6) is -0.951. The predicted molar refractivity (Wildman–Crippen MR) is 124 cm³/mol. The monoisotopic (exact) mass is 490 g/mol. The molecule has 0 unspecified atom stereocenters. The number of sulfonamides is 1. The summed E-state index contributed by atoms with van der Waals surface area (Å²) in [6, 6.07) is 16.4. The van der Waals surface area contributed by atoms with E-state index >= 15 is 0 Å². The van der Waals surface area contributed by atoms with Crippen molar-refractivity contribution in [3.05, 3.63) is 76.1 Å². The molecule has 166 valence electrons. The van der Waals surface area contributed by atoms with E-state index in [1.807, 2.05) is 24.3 Å². The number of carbonyl (C=O) groups excluding carboxylic acids is 2. The van der Waals surface area contributed by atoms with Crippen molar-refractivity contribution in [2.24, 2.45) is 0 Å². The number of hydrogen-bond acceptors (Lipinski definition) is 6. The lowest BCUT2D eigenvalue weighted by molar-refractivity contribution is -0.121. The van der Waals surface area contributed by atoms with Crippen LogP contribution >= 0.6 is 22.9 Å². The number of amides is 1. The lowest BCUT2D eigenvalue weighted by Gasteiger charge is -2.29. The number of nitrogens with one attached hydrogen (secondary N) is 1. The number of para-hydroxylation sites is 1. The van der Waals surface area contributed by atoms with E-state index in [1.165, 1.54) is 36.4 Å². The van der Waals surface area contributed by atoms with Gasteiger partial charge in [-0.05, 0) is 60.9 Å². The molecule has 0 radical (unpaired) electrons. The van der Waals surface area contributed by atoms with Crippen LogP contribution in [-0.4, -0.2) is 33.4 Å². The topological polar surface area (TPSA) is 92.8 Å². The Morgan fingerprint density at radius 3 is 2.53 bits per heavy atom. The van der Waals surface area contributed by atoms with Gasteiger partial charge < -0.3 is 9.64 Å². The van der Waals surface area contributed by atoms with Gasteiger partial charge in [0.05, 0.1) is 9.90 Å². The van der Waals surface area contributed by atoms with Crippen LogP contribution in [0.2, 0.25) is 4.34 Å². The third-order valence-electron chi connectivity index (χ3n) is 4.92. The highest BCUT2D eigenvalue weighted by Gasteiger charge is 2.23. The van der Waals surface area contributed by atoms with Crippen LogP contribution in [0.25, 0.3) is 0 Å². The highest BCUT2D eigenvalue weighted by molar-refractivity contribution is 7.94. The van der Waals surface area contributed by atoms with Gasteiger partial charge in [-0.25, -0.2) is 13.2 Å². The van der Waals surface area contributed by atoms with Crippen LogP contribution in [0.15, 0.2) is 64.9 Å². The quantitative estimate of drug-likeness (QED) is 0.519. The van der Waals surface area contributed by atoms with Crippen molar-refractivity contribution < 1.29 is 22.7 Å². The molecule has 0 spiro atoms. The fourth-order valence-corrected chi connectivity index (χ4v) is 5.94. The van der Waals surface area contributed by atoms with Crippen molar-refractivity contribution in [3.63, 3.8) is 0 Å². The van der Waals surface area contributed by atoms with Crippen LogP contribution < -0.4 is 9.62 Å². The molecule has 1 aromatic heterocycles. The van der Waals surface area contributed by atoms with E-state index in [-0.39, 0.29) is 28.0 Å². The first kappa shape index (κ1) is 22.3. The molecule has 3 aromatic rings. The number of esters is 1. The summed E-state index contributed by atoms with van der Waals surface area (Å²) in [6.07, 6.45) is 1.76. The number of halogens is 1. The number of anilines is 2. The fourth-order valence-electron chi connectivity index (χ4n) is 3.40. The Hall–Kier alpha value is -2.88. The van der Waals surface area contributed by atoms with Gasteiger partial charge >= 0.3 is 5.97 Å². The zero-order valence-electron chi connectivity index (χ0n) is 16.8. The maximum Gasteiger partial charge on any atom is 0.338 e. The van der Waals surface area contributed by atoms with Gasteiger partial charge in [-0.2, -0.15) is 0 Å². The summed E-state index contributed by atoms with van der Waals surface area (Å²) in [5.41, 5.74) is 2.44. The Bertz CT molecular complexity index is 1260. The number of fused-ring (bicyclic) bond motifs is 1. The van der Waals surface area contributed by atoms with Crippen LogP contribution in [0, 0.1) is 0 Å². The lowest BCUT2D eigenvalue weighted by Crippen LogP contribution is -2.38. The van der Waals surface area contributed by atoms with E-state index in [1.54, 1.807) is 4.90 Å². The first-order chi connectivity index (χ1) is 15.3. The van der Waals surface area contributed by atoms with E-state index in [0.29, 0.717) is 10.9 Å². The number of hydrogen-bond donors (Lipinski definition) is 1. The second-order valence-corrected chi connectivity index (χ2v) is 10.7. The Balaban J connectivity index is 1.36. The number of thiophene rings is 1. The van der Waals surface area contributed by atoms with Gasteiger partial charge in [0.25, 0.3) is 15.9 Å². The third kappa shape index (κ3) is 4.95. The van der Waals surface area contributed by atoms with Crippen LogP contribution in [-0.2, 0) is 26.0 Å². The zero-order chi connectivity index (χ0) is 22.7. The highest BCUT2D eigenvalue weighted by Crippen LogP contribution is 2.28. The fraction of sp³-hybridized carbons (Fsp3) is 0.182. The molecular weight excluding hydrogens is 472 g/mol. The number of carbonyl (C=O) groups is 2. The molecule has 0 saturated heterocycles. The van der Waals surface area contributed by atoms with E-state index in [4.69, 9.17) is 16.3 Å². The van der Waals surface area contributed by atoms with Gasteiger partial charge in [-0.15, -0.1) is 11.3 Å². The Kier molecular flexibility index (Phi) is 6.50. The average Bonchev–Trinajstić information content (AvgIpc) is 3.24. The second kappa shape index (κ2) is 9.32. The summed E-state index contributed by atoms with van der Waals surface area (Å²) in [6.45, 7) is 0.207. The molecule has 1 N–H and O–H groups in total. The van der Waals surface area contributed by atoms with Crippen molar-refractivity contribution in [1.82, 2.24) is 0 Å². The number of aryl methyl sites for hydroxylation is 1. The standard InChI is InChI=1S/C22H19ClN2O5S2/c23-19-11-12-21(31-19)32(28,29)24-17-9-7-16(8-10-17)22(27)30-14-20(26)25-13-3-5-15-4-1-2-6-18(15)25/h1-2,4,6-12,24H,3,5,13-14H2. The molecule has 10 heteroatoms. The van der Waals surface area contributed by atoms with Crippen LogP contribution in [0.4, 0.5) is 11.4 Å². The van der Waals surface area contributed by atoms with E-state index in [9.17, 15) is 18.0 Å². The molecule has 0 fully saturated rings. The normalized spacial score (nSPS) is 13.3. The molecule has 1 aliphatic rings. The molecule has 0 atom stereocenters. The Morgan fingerprint density at radius 1 is 1.06 bits per heavy atom. The Morgan fingerprint density at radius 2 is 1.81 bits per heavy atom. The van der Waals surface area contributed by atoms with Gasteiger partial charge in [-0.3, -0.25) is 9.52 Å². The molecule has 4 rings (SSSR count). The van der Waals surface area contributed by atoms with Gasteiger partial charge in [0.1, 0.15) is 4.21 Å². The first-order valence-corrected chi connectivity index (χ1v) is 12.4. The number of ether oxygens (including phenoxy) is 1. The smallest absolute Gasteiger partial charge is 0.338 e. The minimum Gasteiger partial charge on any atom is -0.452 e. The van der Waals surface area contributed by atoms with Crippen molar-refractivity contribution in [2.45, 2.75) is 17.1 Å². The summed E-state index contributed by atoms with van der Waals surface area (Å²) in [4.78, 5) is 26.6. The molecule has 0 aliphatic carbocycles. The molecular formula is C22H19ClN2O5S2. The number of rotatable bonds is 6. The molecule has 0 bridgehead atoms. The second-order valence-electron chi connectivity index (χ2n) is 7.10. The summed E-state index contributed by atoms with van der Waals surface area (Å²) < 4.78 is 32.8.